The first-order valence-electron chi connectivity index (χ1n) is 10.4. The summed E-state index contributed by atoms with van der Waals surface area (Å²) in [4.78, 5) is 36.6. The zero-order valence-electron chi connectivity index (χ0n) is 18.7. The van der Waals surface area contributed by atoms with E-state index in [9.17, 15) is 14.4 Å². The van der Waals surface area contributed by atoms with Gasteiger partial charge in [-0.1, -0.05) is 18.2 Å². The summed E-state index contributed by atoms with van der Waals surface area (Å²) in [6, 6.07) is 13.1. The quantitative estimate of drug-likeness (QED) is 0.467. The van der Waals surface area contributed by atoms with Crippen LogP contribution in [-0.2, 0) is 14.3 Å². The molecular weight excluding hydrogens is 422 g/mol. The van der Waals surface area contributed by atoms with Gasteiger partial charge in [-0.3, -0.25) is 4.79 Å². The number of carbonyl (C=O) groups excluding carboxylic acids is 2. The number of benzene rings is 2. The van der Waals surface area contributed by atoms with Gasteiger partial charge in [0.15, 0.2) is 0 Å². The number of allylic oxidation sites excluding steroid dienone is 1. The second-order valence-corrected chi connectivity index (χ2v) is 7.82. The largest absolute Gasteiger partial charge is 0.478 e. The van der Waals surface area contributed by atoms with E-state index >= 15 is 0 Å². The predicted molar refractivity (Wildman–Crippen MR) is 125 cm³/mol. The lowest BCUT2D eigenvalue weighted by Gasteiger charge is -2.13. The normalized spacial score (nSPS) is 16.1. The van der Waals surface area contributed by atoms with Crippen LogP contribution in [0, 0.1) is 0 Å². The highest BCUT2D eigenvalue weighted by molar-refractivity contribution is 6.33. The summed E-state index contributed by atoms with van der Waals surface area (Å²) in [5.41, 5.74) is 4.04. The third kappa shape index (κ3) is 3.69. The lowest BCUT2D eigenvalue weighted by atomic mass is 9.98. The van der Waals surface area contributed by atoms with Crippen molar-refractivity contribution in [3.8, 4) is 0 Å². The second-order valence-electron chi connectivity index (χ2n) is 7.82. The number of carbonyl (C=O) groups is 3. The molecule has 168 valence electrons. The van der Waals surface area contributed by atoms with Crippen LogP contribution in [0.1, 0.15) is 42.7 Å². The van der Waals surface area contributed by atoms with Crippen LogP contribution < -0.4 is 5.01 Å². The summed E-state index contributed by atoms with van der Waals surface area (Å²) in [6.45, 7) is 5.39. The molecule has 0 bridgehead atoms. The first-order chi connectivity index (χ1) is 15.7. The molecule has 1 aromatic heterocycles. The Balaban J connectivity index is 1.79. The Morgan fingerprint density at radius 3 is 2.39 bits per heavy atom. The third-order valence-electron chi connectivity index (χ3n) is 5.86. The molecule has 2 aromatic carbocycles. The Morgan fingerprint density at radius 1 is 1.09 bits per heavy atom. The first-order valence-corrected chi connectivity index (χ1v) is 10.4. The van der Waals surface area contributed by atoms with E-state index in [1.165, 1.54) is 24.3 Å². The second kappa shape index (κ2) is 8.38. The van der Waals surface area contributed by atoms with Crippen LogP contribution in [0.25, 0.3) is 16.5 Å². The van der Waals surface area contributed by atoms with Crippen molar-refractivity contribution in [2.75, 3.05) is 12.1 Å². The lowest BCUT2D eigenvalue weighted by molar-refractivity contribution is -0.143. The number of aromatic carboxylic acids is 1. The van der Waals surface area contributed by atoms with E-state index in [0.29, 0.717) is 17.0 Å². The number of esters is 1. The van der Waals surface area contributed by atoms with Gasteiger partial charge in [0.05, 0.1) is 29.6 Å². The van der Waals surface area contributed by atoms with Crippen LogP contribution in [-0.4, -0.2) is 40.3 Å². The number of rotatable bonds is 5. The topological polar surface area (TPSA) is 101 Å². The van der Waals surface area contributed by atoms with Crippen LogP contribution in [0.2, 0.25) is 0 Å². The maximum absolute atomic E-state index is 13.3. The molecule has 1 N–H and O–H groups in total. The van der Waals surface area contributed by atoms with Gasteiger partial charge in [-0.05, 0) is 56.7 Å². The number of para-hydroxylation sites is 1. The summed E-state index contributed by atoms with van der Waals surface area (Å²) >= 11 is 0. The van der Waals surface area contributed by atoms with E-state index in [2.05, 4.69) is 5.10 Å². The molecule has 0 aliphatic carbocycles. The predicted octanol–water partition coefficient (Wildman–Crippen LogP) is 4.27. The van der Waals surface area contributed by atoms with Crippen molar-refractivity contribution in [2.45, 2.75) is 26.8 Å². The van der Waals surface area contributed by atoms with Crippen molar-refractivity contribution in [1.82, 2.24) is 4.57 Å². The molecule has 8 nitrogen and oxygen atoms in total. The number of methoxy groups -OCH3 is 1. The summed E-state index contributed by atoms with van der Waals surface area (Å²) in [5.74, 6) is -1.70. The fourth-order valence-corrected chi connectivity index (χ4v) is 4.10. The summed E-state index contributed by atoms with van der Waals surface area (Å²) in [6.07, 6.45) is 1.86. The van der Waals surface area contributed by atoms with Crippen LogP contribution in [0.3, 0.4) is 0 Å². The summed E-state index contributed by atoms with van der Waals surface area (Å²) in [5, 5.41) is 15.7. The summed E-state index contributed by atoms with van der Waals surface area (Å²) in [7, 11) is 1.35. The number of hydrogen-bond acceptors (Lipinski definition) is 5. The number of hydrogen-bond donors (Lipinski definition) is 1. The molecule has 0 fully saturated rings. The molecule has 33 heavy (non-hydrogen) atoms. The zero-order valence-corrected chi connectivity index (χ0v) is 18.7. The van der Waals surface area contributed by atoms with E-state index in [1.807, 2.05) is 42.0 Å². The molecule has 1 aliphatic rings. The van der Waals surface area contributed by atoms with Crippen LogP contribution in [0.15, 0.2) is 65.4 Å². The monoisotopic (exact) mass is 445 g/mol. The van der Waals surface area contributed by atoms with E-state index in [1.54, 1.807) is 26.0 Å². The van der Waals surface area contributed by atoms with Crippen LogP contribution in [0.5, 0.6) is 0 Å². The fraction of sp³-hybridized carbons (Fsp3) is 0.200. The molecule has 8 heteroatoms. The van der Waals surface area contributed by atoms with Gasteiger partial charge in [0.2, 0.25) is 0 Å². The minimum Gasteiger partial charge on any atom is -0.478 e. The van der Waals surface area contributed by atoms with Crippen molar-refractivity contribution in [3.05, 3.63) is 71.4 Å². The molecule has 1 amide bonds. The number of anilines is 1. The van der Waals surface area contributed by atoms with E-state index in [-0.39, 0.29) is 17.4 Å². The van der Waals surface area contributed by atoms with Gasteiger partial charge in [0, 0.05) is 22.7 Å². The number of amides is 1. The SMILES string of the molecule is COC(=O)C(C)n1cc(/C(C)=C2/C(=O)N(c3ccc(C(=O)O)cc3)N=C2C)c2ccccc21. The molecule has 0 saturated heterocycles. The highest BCUT2D eigenvalue weighted by Crippen LogP contribution is 2.34. The number of ether oxygens (including phenoxy) is 1. The van der Waals surface area contributed by atoms with Crippen LogP contribution >= 0.6 is 0 Å². The summed E-state index contributed by atoms with van der Waals surface area (Å²) < 4.78 is 6.76. The van der Waals surface area contributed by atoms with Crippen molar-refractivity contribution in [2.24, 2.45) is 5.10 Å². The maximum Gasteiger partial charge on any atom is 0.335 e. The van der Waals surface area contributed by atoms with E-state index < -0.39 is 12.0 Å². The Labute approximate surface area is 190 Å². The van der Waals surface area contributed by atoms with Gasteiger partial charge < -0.3 is 14.4 Å². The molecule has 0 radical (unpaired) electrons. The average Bonchev–Trinajstić information content (AvgIpc) is 3.35. The van der Waals surface area contributed by atoms with Crippen molar-refractivity contribution >= 4 is 45.7 Å². The van der Waals surface area contributed by atoms with Crippen molar-refractivity contribution in [3.63, 3.8) is 0 Å². The maximum atomic E-state index is 13.3. The first kappa shape index (κ1) is 22.0. The Kier molecular flexibility index (Phi) is 5.59. The number of aromatic nitrogens is 1. The van der Waals surface area contributed by atoms with E-state index in [4.69, 9.17) is 9.84 Å². The minimum atomic E-state index is -1.04. The smallest absolute Gasteiger partial charge is 0.335 e. The molecule has 3 aromatic rings. The Morgan fingerprint density at radius 2 is 1.76 bits per heavy atom. The average molecular weight is 445 g/mol. The van der Waals surface area contributed by atoms with Gasteiger partial charge in [0.25, 0.3) is 5.91 Å². The third-order valence-corrected chi connectivity index (χ3v) is 5.86. The Hall–Kier alpha value is -4.20. The molecule has 0 saturated carbocycles. The molecular formula is C25H23N3O5. The fourth-order valence-electron chi connectivity index (χ4n) is 4.10. The molecule has 2 heterocycles. The van der Waals surface area contributed by atoms with Gasteiger partial charge in [-0.15, -0.1) is 0 Å². The van der Waals surface area contributed by atoms with Gasteiger partial charge in [-0.2, -0.15) is 10.1 Å². The zero-order chi connectivity index (χ0) is 23.9. The minimum absolute atomic E-state index is 0.130. The number of hydrazone groups is 1. The molecule has 0 spiro atoms. The highest BCUT2D eigenvalue weighted by atomic mass is 16.5. The molecule has 4 rings (SSSR count). The van der Waals surface area contributed by atoms with Gasteiger partial charge in [-0.25, -0.2) is 9.59 Å². The Bertz CT molecular complexity index is 1350. The molecule has 1 unspecified atom stereocenters. The van der Waals surface area contributed by atoms with Gasteiger partial charge in [0.1, 0.15) is 6.04 Å². The van der Waals surface area contributed by atoms with Crippen molar-refractivity contribution in [1.29, 1.82) is 0 Å². The lowest BCUT2D eigenvalue weighted by Crippen LogP contribution is -2.22. The van der Waals surface area contributed by atoms with Gasteiger partial charge >= 0.3 is 11.9 Å². The number of fused-ring (bicyclic) bond motifs is 1. The van der Waals surface area contributed by atoms with E-state index in [0.717, 1.165) is 22.0 Å². The van der Waals surface area contributed by atoms with Crippen LogP contribution in [0.4, 0.5) is 5.69 Å². The number of nitrogens with zero attached hydrogens (tertiary/aromatic N) is 3. The number of carboxylic acids is 1. The van der Waals surface area contributed by atoms with Crippen molar-refractivity contribution < 1.29 is 24.2 Å². The number of carboxylic acid groups (broad SMARTS) is 1. The highest BCUT2D eigenvalue weighted by Gasteiger charge is 2.32. The molecule has 1 atom stereocenters. The molecule has 1 aliphatic heterocycles. The standard InChI is InChI=1S/C25H23N3O5/c1-14(20-13-27(16(3)25(32)33-4)21-8-6-5-7-19(20)21)22-15(2)26-28(23(22)29)18-11-9-17(10-12-18)24(30)31/h5-13,16H,1-4H3,(H,30,31)/b22-14+.